The van der Waals surface area contributed by atoms with Gasteiger partial charge in [0.1, 0.15) is 0 Å². The zero-order valence-electron chi connectivity index (χ0n) is 12.1. The van der Waals surface area contributed by atoms with Gasteiger partial charge in [-0.15, -0.1) is 0 Å². The maximum Gasteiger partial charge on any atom is 0.0597 e. The molecule has 0 spiro atoms. The average molecular weight is 250 g/mol. The van der Waals surface area contributed by atoms with Gasteiger partial charge < -0.3 is 5.32 Å². The molecule has 0 saturated carbocycles. The molecule has 2 unspecified atom stereocenters. The minimum absolute atomic E-state index is 0.652. The lowest BCUT2D eigenvalue weighted by Gasteiger charge is -2.39. The first-order valence-electron chi connectivity index (χ1n) is 7.06. The Morgan fingerprint density at radius 2 is 2.33 bits per heavy atom. The highest BCUT2D eigenvalue weighted by atomic mass is 15.3. The fourth-order valence-corrected chi connectivity index (χ4v) is 2.82. The van der Waals surface area contributed by atoms with Crippen LogP contribution in [0.25, 0.3) is 0 Å². The molecule has 4 heteroatoms. The van der Waals surface area contributed by atoms with Gasteiger partial charge in [-0.3, -0.25) is 9.58 Å². The van der Waals surface area contributed by atoms with Gasteiger partial charge in [-0.2, -0.15) is 5.10 Å². The van der Waals surface area contributed by atoms with E-state index >= 15 is 0 Å². The number of piperazine rings is 1. The second-order valence-corrected chi connectivity index (χ2v) is 5.53. The number of nitrogens with zero attached hydrogens (tertiary/aromatic N) is 3. The fourth-order valence-electron chi connectivity index (χ4n) is 2.82. The third kappa shape index (κ3) is 2.93. The van der Waals surface area contributed by atoms with Crippen molar-refractivity contribution in [2.75, 3.05) is 19.6 Å². The van der Waals surface area contributed by atoms with Crippen molar-refractivity contribution >= 4 is 0 Å². The van der Waals surface area contributed by atoms with E-state index in [0.29, 0.717) is 6.04 Å². The second kappa shape index (κ2) is 5.85. The van der Waals surface area contributed by atoms with Gasteiger partial charge in [0.15, 0.2) is 0 Å². The van der Waals surface area contributed by atoms with Crippen LogP contribution in [0.5, 0.6) is 0 Å². The average Bonchev–Trinajstić information content (AvgIpc) is 2.67. The third-order valence-electron chi connectivity index (χ3n) is 4.16. The fraction of sp³-hybridized carbons (Fsp3) is 0.786. The Balaban J connectivity index is 2.07. The van der Waals surface area contributed by atoms with E-state index in [-0.39, 0.29) is 0 Å². The van der Waals surface area contributed by atoms with Crippen molar-refractivity contribution in [3.63, 3.8) is 0 Å². The largest absolute Gasteiger partial charge is 0.314 e. The molecule has 102 valence electrons. The molecule has 1 aliphatic heterocycles. The maximum atomic E-state index is 4.44. The number of hydrogen-bond donors (Lipinski definition) is 1. The first-order valence-corrected chi connectivity index (χ1v) is 7.06. The number of aromatic nitrogens is 2. The lowest BCUT2D eigenvalue weighted by Crippen LogP contribution is -2.53. The number of rotatable bonds is 4. The summed E-state index contributed by atoms with van der Waals surface area (Å²) in [6.07, 6.45) is 1.24. The van der Waals surface area contributed by atoms with E-state index in [9.17, 15) is 0 Å². The molecule has 18 heavy (non-hydrogen) atoms. The van der Waals surface area contributed by atoms with E-state index in [0.717, 1.165) is 37.8 Å². The normalized spacial score (nSPS) is 23.2. The monoisotopic (exact) mass is 250 g/mol. The van der Waals surface area contributed by atoms with Crippen LogP contribution < -0.4 is 5.32 Å². The van der Waals surface area contributed by atoms with Crippen LogP contribution in [-0.2, 0) is 13.6 Å². The van der Waals surface area contributed by atoms with Crippen molar-refractivity contribution in [3.05, 3.63) is 17.5 Å². The molecular weight excluding hydrogens is 224 g/mol. The van der Waals surface area contributed by atoms with Crippen molar-refractivity contribution in [2.45, 2.75) is 39.8 Å². The Hall–Kier alpha value is -0.870. The molecule has 1 saturated heterocycles. The molecule has 1 fully saturated rings. The van der Waals surface area contributed by atoms with Gasteiger partial charge in [0.25, 0.3) is 0 Å². The minimum atomic E-state index is 0.652. The van der Waals surface area contributed by atoms with Crippen LogP contribution >= 0.6 is 0 Å². The molecule has 0 aromatic carbocycles. The van der Waals surface area contributed by atoms with Crippen molar-refractivity contribution in [1.82, 2.24) is 20.0 Å². The van der Waals surface area contributed by atoms with Gasteiger partial charge in [0.2, 0.25) is 0 Å². The SMILES string of the molecule is CCC(C)C1CNCCN1Cc1cc(C)nn1C. The summed E-state index contributed by atoms with van der Waals surface area (Å²) >= 11 is 0. The first kappa shape index (κ1) is 13.6. The van der Waals surface area contributed by atoms with E-state index in [2.05, 4.69) is 42.2 Å². The van der Waals surface area contributed by atoms with Gasteiger partial charge in [-0.1, -0.05) is 20.3 Å². The molecule has 0 aliphatic carbocycles. The highest BCUT2D eigenvalue weighted by Gasteiger charge is 2.26. The van der Waals surface area contributed by atoms with Crippen LogP contribution in [0.1, 0.15) is 31.7 Å². The minimum Gasteiger partial charge on any atom is -0.314 e. The highest BCUT2D eigenvalue weighted by Crippen LogP contribution is 2.19. The lowest BCUT2D eigenvalue weighted by atomic mass is 9.96. The zero-order valence-corrected chi connectivity index (χ0v) is 12.1. The zero-order chi connectivity index (χ0) is 13.1. The van der Waals surface area contributed by atoms with Crippen molar-refractivity contribution in [1.29, 1.82) is 0 Å². The standard InChI is InChI=1S/C14H26N4/c1-5-11(2)14-9-15-6-7-18(14)10-13-8-12(3)16-17(13)4/h8,11,14-15H,5-7,9-10H2,1-4H3. The van der Waals surface area contributed by atoms with Crippen LogP contribution in [-0.4, -0.2) is 40.4 Å². The Morgan fingerprint density at radius 3 is 2.94 bits per heavy atom. The molecule has 2 rings (SSSR count). The summed E-state index contributed by atoms with van der Waals surface area (Å²) in [4.78, 5) is 2.61. The molecule has 1 N–H and O–H groups in total. The molecule has 1 aliphatic rings. The predicted octanol–water partition coefficient (Wildman–Crippen LogP) is 1.55. The quantitative estimate of drug-likeness (QED) is 0.880. The maximum absolute atomic E-state index is 4.44. The molecule has 2 atom stereocenters. The summed E-state index contributed by atoms with van der Waals surface area (Å²) in [5, 5.41) is 7.96. The summed E-state index contributed by atoms with van der Waals surface area (Å²) in [5.41, 5.74) is 2.44. The van der Waals surface area contributed by atoms with E-state index in [1.54, 1.807) is 0 Å². The van der Waals surface area contributed by atoms with Gasteiger partial charge in [0.05, 0.1) is 11.4 Å². The Kier molecular flexibility index (Phi) is 4.40. The van der Waals surface area contributed by atoms with Crippen molar-refractivity contribution in [3.8, 4) is 0 Å². The molecular formula is C14H26N4. The molecule has 2 heterocycles. The summed E-state index contributed by atoms with van der Waals surface area (Å²) in [6, 6.07) is 2.86. The number of aryl methyl sites for hydroxylation is 2. The Morgan fingerprint density at radius 1 is 1.56 bits per heavy atom. The van der Waals surface area contributed by atoms with Crippen molar-refractivity contribution in [2.24, 2.45) is 13.0 Å². The van der Waals surface area contributed by atoms with E-state index < -0.39 is 0 Å². The molecule has 0 amide bonds. The lowest BCUT2D eigenvalue weighted by molar-refractivity contribution is 0.106. The van der Waals surface area contributed by atoms with Crippen LogP contribution in [0.15, 0.2) is 6.07 Å². The van der Waals surface area contributed by atoms with E-state index in [1.807, 2.05) is 11.7 Å². The smallest absolute Gasteiger partial charge is 0.0597 e. The van der Waals surface area contributed by atoms with E-state index in [1.165, 1.54) is 12.1 Å². The third-order valence-corrected chi connectivity index (χ3v) is 4.16. The van der Waals surface area contributed by atoms with E-state index in [4.69, 9.17) is 0 Å². The molecule has 0 bridgehead atoms. The Bertz CT molecular complexity index is 385. The summed E-state index contributed by atoms with van der Waals surface area (Å²) in [7, 11) is 2.04. The first-order chi connectivity index (χ1) is 8.61. The molecule has 4 nitrogen and oxygen atoms in total. The van der Waals surface area contributed by atoms with Crippen LogP contribution in [0.4, 0.5) is 0 Å². The molecule has 1 aromatic heterocycles. The molecule has 1 aromatic rings. The van der Waals surface area contributed by atoms with Crippen LogP contribution in [0.3, 0.4) is 0 Å². The highest BCUT2D eigenvalue weighted by molar-refractivity contribution is 5.09. The van der Waals surface area contributed by atoms with Crippen molar-refractivity contribution < 1.29 is 0 Å². The summed E-state index contributed by atoms with van der Waals surface area (Å²) in [5.74, 6) is 0.743. The van der Waals surface area contributed by atoms with Gasteiger partial charge >= 0.3 is 0 Å². The summed E-state index contributed by atoms with van der Waals surface area (Å²) in [6.45, 7) is 11.1. The predicted molar refractivity (Wildman–Crippen MR) is 74.5 cm³/mol. The molecule has 0 radical (unpaired) electrons. The number of hydrogen-bond acceptors (Lipinski definition) is 3. The van der Waals surface area contributed by atoms with Gasteiger partial charge in [-0.25, -0.2) is 0 Å². The Labute approximate surface area is 110 Å². The second-order valence-electron chi connectivity index (χ2n) is 5.53. The van der Waals surface area contributed by atoms with Crippen LogP contribution in [0.2, 0.25) is 0 Å². The van der Waals surface area contributed by atoms with Gasteiger partial charge in [0, 0.05) is 39.3 Å². The van der Waals surface area contributed by atoms with Gasteiger partial charge in [-0.05, 0) is 18.9 Å². The van der Waals surface area contributed by atoms with Crippen LogP contribution in [0, 0.1) is 12.8 Å². The summed E-state index contributed by atoms with van der Waals surface area (Å²) < 4.78 is 2.02. The topological polar surface area (TPSA) is 33.1 Å². The number of nitrogens with one attached hydrogen (secondary N) is 1.